The van der Waals surface area contributed by atoms with Gasteiger partial charge in [0.25, 0.3) is 0 Å². The van der Waals surface area contributed by atoms with Crippen LogP contribution < -0.4 is 0 Å². The highest BCUT2D eigenvalue weighted by atomic mass is 19.1. The molecule has 2 aromatic rings. The van der Waals surface area contributed by atoms with Crippen LogP contribution in [0.5, 0.6) is 0 Å². The van der Waals surface area contributed by atoms with E-state index < -0.39 is 11.6 Å². The number of hydrogen-bond donors (Lipinski definition) is 1. The van der Waals surface area contributed by atoms with Gasteiger partial charge in [-0.1, -0.05) is 6.07 Å². The van der Waals surface area contributed by atoms with Crippen molar-refractivity contribution in [1.82, 2.24) is 9.88 Å². The van der Waals surface area contributed by atoms with Crippen LogP contribution in [0.1, 0.15) is 5.69 Å². The standard InChI is InChI=1S/C13H14F2N2O2/c1-17(5-6-18)7-9-8-19-13(16-9)12-10(14)3-2-4-11(12)15/h2-4,8,18H,5-7H2,1H3. The molecule has 0 saturated carbocycles. The van der Waals surface area contributed by atoms with E-state index in [4.69, 9.17) is 9.52 Å². The van der Waals surface area contributed by atoms with Crippen molar-refractivity contribution in [2.24, 2.45) is 0 Å². The molecule has 0 radical (unpaired) electrons. The summed E-state index contributed by atoms with van der Waals surface area (Å²) in [6.07, 6.45) is 1.36. The molecule has 0 atom stereocenters. The average Bonchev–Trinajstić information content (AvgIpc) is 2.77. The van der Waals surface area contributed by atoms with Gasteiger partial charge in [0, 0.05) is 13.1 Å². The molecule has 0 fully saturated rings. The van der Waals surface area contributed by atoms with E-state index in [9.17, 15) is 8.78 Å². The molecule has 1 aromatic carbocycles. The minimum absolute atomic E-state index is 0.0309. The minimum Gasteiger partial charge on any atom is -0.444 e. The van der Waals surface area contributed by atoms with Crippen molar-refractivity contribution in [3.63, 3.8) is 0 Å². The van der Waals surface area contributed by atoms with Gasteiger partial charge in [0.1, 0.15) is 23.5 Å². The number of benzene rings is 1. The van der Waals surface area contributed by atoms with Crippen LogP contribution in [0, 0.1) is 11.6 Å². The third-order valence-electron chi connectivity index (χ3n) is 2.64. The first-order chi connectivity index (χ1) is 9.11. The van der Waals surface area contributed by atoms with Crippen LogP contribution >= 0.6 is 0 Å². The molecule has 0 aliphatic heterocycles. The molecule has 1 heterocycles. The fourth-order valence-electron chi connectivity index (χ4n) is 1.72. The molecule has 4 nitrogen and oxygen atoms in total. The Labute approximate surface area is 109 Å². The first-order valence-electron chi connectivity index (χ1n) is 5.80. The summed E-state index contributed by atoms with van der Waals surface area (Å²) in [7, 11) is 1.80. The summed E-state index contributed by atoms with van der Waals surface area (Å²) in [5.74, 6) is -1.50. The monoisotopic (exact) mass is 268 g/mol. The Bertz CT molecular complexity index is 537. The van der Waals surface area contributed by atoms with Gasteiger partial charge in [-0.25, -0.2) is 13.8 Å². The average molecular weight is 268 g/mol. The molecule has 19 heavy (non-hydrogen) atoms. The Hall–Kier alpha value is -1.79. The zero-order chi connectivity index (χ0) is 13.8. The van der Waals surface area contributed by atoms with Crippen LogP contribution in [-0.4, -0.2) is 35.2 Å². The topological polar surface area (TPSA) is 49.5 Å². The summed E-state index contributed by atoms with van der Waals surface area (Å²) < 4.78 is 32.2. The number of nitrogens with zero attached hydrogens (tertiary/aromatic N) is 2. The highest BCUT2D eigenvalue weighted by Gasteiger charge is 2.16. The first-order valence-corrected chi connectivity index (χ1v) is 5.80. The summed E-state index contributed by atoms with van der Waals surface area (Å²) >= 11 is 0. The fraction of sp³-hybridized carbons (Fsp3) is 0.308. The molecule has 1 aromatic heterocycles. The summed E-state index contributed by atoms with van der Waals surface area (Å²) in [5.41, 5.74) is 0.284. The Kier molecular flexibility index (Phi) is 4.24. The second-order valence-corrected chi connectivity index (χ2v) is 4.20. The molecule has 0 unspecified atom stereocenters. The largest absolute Gasteiger partial charge is 0.444 e. The van der Waals surface area contributed by atoms with Crippen molar-refractivity contribution < 1.29 is 18.3 Å². The zero-order valence-electron chi connectivity index (χ0n) is 10.4. The molecule has 0 bridgehead atoms. The lowest BCUT2D eigenvalue weighted by molar-refractivity contribution is 0.216. The lowest BCUT2D eigenvalue weighted by Gasteiger charge is -2.12. The summed E-state index contributed by atoms with van der Waals surface area (Å²) in [4.78, 5) is 5.87. The number of aliphatic hydroxyl groups is 1. The van der Waals surface area contributed by atoms with Crippen molar-refractivity contribution in [1.29, 1.82) is 0 Å². The third kappa shape index (κ3) is 3.15. The predicted molar refractivity (Wildman–Crippen MR) is 65.3 cm³/mol. The summed E-state index contributed by atoms with van der Waals surface area (Å²) in [5, 5.41) is 8.79. The van der Waals surface area contributed by atoms with Gasteiger partial charge in [0.15, 0.2) is 0 Å². The van der Waals surface area contributed by atoms with E-state index in [-0.39, 0.29) is 18.1 Å². The Balaban J connectivity index is 2.21. The zero-order valence-corrected chi connectivity index (χ0v) is 10.4. The van der Waals surface area contributed by atoms with E-state index in [1.807, 2.05) is 4.90 Å². The molecule has 0 saturated heterocycles. The molecule has 2 rings (SSSR count). The third-order valence-corrected chi connectivity index (χ3v) is 2.64. The van der Waals surface area contributed by atoms with Crippen LogP contribution in [0.2, 0.25) is 0 Å². The smallest absolute Gasteiger partial charge is 0.232 e. The number of hydrogen-bond acceptors (Lipinski definition) is 4. The van der Waals surface area contributed by atoms with Gasteiger partial charge >= 0.3 is 0 Å². The minimum atomic E-state index is -0.711. The van der Waals surface area contributed by atoms with Gasteiger partial charge in [-0.15, -0.1) is 0 Å². The molecule has 6 heteroatoms. The molecule has 102 valence electrons. The van der Waals surface area contributed by atoms with E-state index in [1.165, 1.54) is 12.3 Å². The molecule has 1 N–H and O–H groups in total. The van der Waals surface area contributed by atoms with Crippen molar-refractivity contribution in [3.8, 4) is 11.5 Å². The second kappa shape index (κ2) is 5.90. The number of halogens is 2. The lowest BCUT2D eigenvalue weighted by atomic mass is 10.2. The normalized spacial score (nSPS) is 11.2. The molecule has 0 spiro atoms. The first kappa shape index (κ1) is 13.6. The lowest BCUT2D eigenvalue weighted by Crippen LogP contribution is -2.21. The summed E-state index contributed by atoms with van der Waals surface area (Å²) in [6, 6.07) is 3.59. The second-order valence-electron chi connectivity index (χ2n) is 4.20. The Morgan fingerprint density at radius 2 is 2.00 bits per heavy atom. The number of aliphatic hydroxyl groups excluding tert-OH is 1. The van der Waals surface area contributed by atoms with Crippen LogP contribution in [0.15, 0.2) is 28.9 Å². The van der Waals surface area contributed by atoms with E-state index in [0.717, 1.165) is 12.1 Å². The van der Waals surface area contributed by atoms with Gasteiger partial charge in [-0.2, -0.15) is 0 Å². The number of aromatic nitrogens is 1. The van der Waals surface area contributed by atoms with E-state index in [1.54, 1.807) is 7.05 Å². The van der Waals surface area contributed by atoms with Crippen molar-refractivity contribution in [2.75, 3.05) is 20.2 Å². The maximum absolute atomic E-state index is 13.5. The van der Waals surface area contributed by atoms with Crippen LogP contribution in [-0.2, 0) is 6.54 Å². The molecule has 0 aliphatic carbocycles. The maximum Gasteiger partial charge on any atom is 0.232 e. The summed E-state index contributed by atoms with van der Waals surface area (Å²) in [6.45, 7) is 0.944. The van der Waals surface area contributed by atoms with Crippen LogP contribution in [0.4, 0.5) is 8.78 Å². The van der Waals surface area contributed by atoms with Gasteiger partial charge in [0.05, 0.1) is 12.3 Å². The highest BCUT2D eigenvalue weighted by Crippen LogP contribution is 2.25. The molecular formula is C13H14F2N2O2. The van der Waals surface area contributed by atoms with Gasteiger partial charge in [-0.3, -0.25) is 4.90 Å². The van der Waals surface area contributed by atoms with Crippen molar-refractivity contribution >= 4 is 0 Å². The molecular weight excluding hydrogens is 254 g/mol. The number of rotatable bonds is 5. The van der Waals surface area contributed by atoms with Gasteiger partial charge in [0.2, 0.25) is 5.89 Å². The fourth-order valence-corrected chi connectivity index (χ4v) is 1.72. The number of oxazole rings is 1. The van der Waals surface area contributed by atoms with Crippen molar-refractivity contribution in [3.05, 3.63) is 41.8 Å². The van der Waals surface area contributed by atoms with E-state index in [0.29, 0.717) is 18.8 Å². The highest BCUT2D eigenvalue weighted by molar-refractivity contribution is 5.55. The number of likely N-dealkylation sites (N-methyl/N-ethyl adjacent to an activating group) is 1. The van der Waals surface area contributed by atoms with E-state index >= 15 is 0 Å². The van der Waals surface area contributed by atoms with E-state index in [2.05, 4.69) is 4.98 Å². The van der Waals surface area contributed by atoms with Crippen LogP contribution in [0.25, 0.3) is 11.5 Å². The molecule has 0 amide bonds. The predicted octanol–water partition coefficient (Wildman–Crippen LogP) is 2.04. The van der Waals surface area contributed by atoms with Gasteiger partial charge in [-0.05, 0) is 19.2 Å². The maximum atomic E-state index is 13.5. The molecule has 0 aliphatic rings. The van der Waals surface area contributed by atoms with Gasteiger partial charge < -0.3 is 9.52 Å². The SMILES string of the molecule is CN(CCO)Cc1coc(-c2c(F)cccc2F)n1. The Morgan fingerprint density at radius 1 is 1.32 bits per heavy atom. The Morgan fingerprint density at radius 3 is 2.63 bits per heavy atom. The van der Waals surface area contributed by atoms with Crippen molar-refractivity contribution in [2.45, 2.75) is 6.54 Å². The quantitative estimate of drug-likeness (QED) is 0.901. The van der Waals surface area contributed by atoms with Crippen LogP contribution in [0.3, 0.4) is 0 Å².